The molecular formula is C32H45N3O4. The van der Waals surface area contributed by atoms with Crippen molar-refractivity contribution in [3.63, 3.8) is 0 Å². The Bertz CT molecular complexity index is 1170. The highest BCUT2D eigenvalue weighted by atomic mass is 16.5. The molecule has 2 N–H and O–H groups in total. The molecule has 7 nitrogen and oxygen atoms in total. The summed E-state index contributed by atoms with van der Waals surface area (Å²) in [7, 11) is 1.97. The number of unbranched alkanes of at least 4 members (excludes halogenated alkanes) is 1. The summed E-state index contributed by atoms with van der Waals surface area (Å²) in [5.41, 5.74) is 4.38. The molecule has 0 spiro atoms. The quantitative estimate of drug-likeness (QED) is 0.362. The van der Waals surface area contributed by atoms with E-state index in [0.717, 1.165) is 86.5 Å². The van der Waals surface area contributed by atoms with Crippen molar-refractivity contribution < 1.29 is 19.4 Å². The van der Waals surface area contributed by atoms with Gasteiger partial charge in [-0.25, -0.2) is 4.98 Å². The van der Waals surface area contributed by atoms with Crippen LogP contribution in [0.4, 0.5) is 5.82 Å². The Morgan fingerprint density at radius 1 is 1.28 bits per heavy atom. The first kappa shape index (κ1) is 27.9. The maximum Gasteiger partial charge on any atom is 0.325 e. The number of aromatic nitrogens is 1. The molecule has 0 unspecified atom stereocenters. The fraction of sp³-hybridized carbons (Fsp3) is 0.625. The fourth-order valence-electron chi connectivity index (χ4n) is 6.81. The number of pyridine rings is 1. The second kappa shape index (κ2) is 11.8. The lowest BCUT2D eigenvalue weighted by Gasteiger charge is -2.34. The van der Waals surface area contributed by atoms with Crippen LogP contribution >= 0.6 is 0 Å². The van der Waals surface area contributed by atoms with Crippen LogP contribution in [0.3, 0.4) is 0 Å². The third-order valence-corrected chi connectivity index (χ3v) is 9.13. The lowest BCUT2D eigenvalue weighted by Crippen LogP contribution is -2.39. The van der Waals surface area contributed by atoms with Gasteiger partial charge in [0.25, 0.3) is 0 Å². The molecule has 212 valence electrons. The van der Waals surface area contributed by atoms with Gasteiger partial charge in [-0.05, 0) is 93.0 Å². The summed E-state index contributed by atoms with van der Waals surface area (Å²) < 4.78 is 12.4. The van der Waals surface area contributed by atoms with Gasteiger partial charge < -0.3 is 19.9 Å². The lowest BCUT2D eigenvalue weighted by atomic mass is 9.86. The molecular weight excluding hydrogens is 490 g/mol. The number of carbonyl (C=O) groups is 1. The number of nitrogens with zero attached hydrogens (tertiary/aromatic N) is 2. The molecule has 0 amide bonds. The van der Waals surface area contributed by atoms with Crippen molar-refractivity contribution in [3.05, 3.63) is 52.7 Å². The van der Waals surface area contributed by atoms with E-state index < -0.39 is 12.0 Å². The predicted molar refractivity (Wildman–Crippen MR) is 154 cm³/mol. The van der Waals surface area contributed by atoms with Crippen molar-refractivity contribution in [3.8, 4) is 5.75 Å². The summed E-state index contributed by atoms with van der Waals surface area (Å²) >= 11 is 0. The second-order valence-electron chi connectivity index (χ2n) is 12.4. The lowest BCUT2D eigenvalue weighted by molar-refractivity contribution is -0.144. The Hall–Kier alpha value is -2.64. The smallest absolute Gasteiger partial charge is 0.325 e. The van der Waals surface area contributed by atoms with Crippen LogP contribution in [0.2, 0.25) is 0 Å². The van der Waals surface area contributed by atoms with Gasteiger partial charge in [-0.1, -0.05) is 39.0 Å². The Kier molecular flexibility index (Phi) is 8.48. The van der Waals surface area contributed by atoms with Crippen molar-refractivity contribution in [2.75, 3.05) is 32.1 Å². The Morgan fingerprint density at radius 3 is 2.95 bits per heavy atom. The van der Waals surface area contributed by atoms with Gasteiger partial charge in [-0.2, -0.15) is 0 Å². The molecule has 1 saturated carbocycles. The molecule has 0 radical (unpaired) electrons. The van der Waals surface area contributed by atoms with Gasteiger partial charge >= 0.3 is 5.97 Å². The third-order valence-electron chi connectivity index (χ3n) is 9.13. The van der Waals surface area contributed by atoms with Gasteiger partial charge in [0.15, 0.2) is 0 Å². The number of benzene rings is 1. The molecule has 5 rings (SSSR count). The summed E-state index contributed by atoms with van der Waals surface area (Å²) in [5, 5.41) is 13.8. The van der Waals surface area contributed by atoms with E-state index in [0.29, 0.717) is 6.61 Å². The van der Waals surface area contributed by atoms with E-state index in [4.69, 9.17) is 14.5 Å². The number of hydrogen-bond donors (Lipinski definition) is 2. The third kappa shape index (κ3) is 6.09. The van der Waals surface area contributed by atoms with Gasteiger partial charge in [0.1, 0.15) is 17.6 Å². The minimum atomic E-state index is -0.808. The number of hydrogen-bond acceptors (Lipinski definition) is 6. The van der Waals surface area contributed by atoms with E-state index in [-0.39, 0.29) is 23.5 Å². The van der Waals surface area contributed by atoms with Crippen molar-refractivity contribution in [2.45, 2.75) is 96.2 Å². The van der Waals surface area contributed by atoms with Gasteiger partial charge in [0.2, 0.25) is 0 Å². The van der Waals surface area contributed by atoms with Crippen molar-refractivity contribution in [1.29, 1.82) is 0 Å². The number of aliphatic carboxylic acids is 1. The normalized spacial score (nSPS) is 24.4. The summed E-state index contributed by atoms with van der Waals surface area (Å²) in [6.45, 7) is 9.10. The highest BCUT2D eigenvalue weighted by molar-refractivity contribution is 5.77. The molecule has 3 aliphatic rings. The number of likely N-dealkylation sites (N-methyl/N-ethyl adjacent to an activating group) is 1. The van der Waals surface area contributed by atoms with Crippen LogP contribution in [0.1, 0.15) is 93.6 Å². The number of rotatable bonds is 10. The zero-order valence-corrected chi connectivity index (χ0v) is 24.0. The maximum absolute atomic E-state index is 12.7. The highest BCUT2D eigenvalue weighted by Crippen LogP contribution is 2.45. The highest BCUT2D eigenvalue weighted by Gasteiger charge is 2.45. The number of carboxylic acid groups (broad SMARTS) is 1. The molecule has 3 heterocycles. The van der Waals surface area contributed by atoms with Gasteiger partial charge in [0.05, 0.1) is 12.7 Å². The standard InChI is InChI=1S/C32H45N3O4/c1-21-15-18-38-26-12-7-11-25(28(21)26)29(31(36)37)35(4)24-19-27(32(2,3)20-24)39-17-6-5-10-23-14-13-22-9-8-16-33-30(22)34-23/h7,11-14,21,24,27,29H,5-6,8-10,15-20H2,1-4H3,(H,33,34)(H,36,37)/t21-,24-,27-,29+/m1/s1. The largest absolute Gasteiger partial charge is 0.493 e. The number of nitrogens with one attached hydrogen (secondary N) is 1. The molecule has 1 aromatic heterocycles. The van der Waals surface area contributed by atoms with Crippen molar-refractivity contribution in [2.24, 2.45) is 5.41 Å². The zero-order chi connectivity index (χ0) is 27.6. The number of ether oxygens (including phenoxy) is 2. The number of fused-ring (bicyclic) bond motifs is 2. The Morgan fingerprint density at radius 2 is 2.13 bits per heavy atom. The average Bonchev–Trinajstić information content (AvgIpc) is 3.22. The monoisotopic (exact) mass is 535 g/mol. The van der Waals surface area contributed by atoms with Gasteiger partial charge in [-0.3, -0.25) is 9.69 Å². The first-order valence-corrected chi connectivity index (χ1v) is 14.8. The maximum atomic E-state index is 12.7. The van der Waals surface area contributed by atoms with Crippen LogP contribution < -0.4 is 10.1 Å². The summed E-state index contributed by atoms with van der Waals surface area (Å²) in [4.78, 5) is 19.5. The first-order valence-electron chi connectivity index (χ1n) is 14.8. The average molecular weight is 536 g/mol. The molecule has 1 aromatic carbocycles. The van der Waals surface area contributed by atoms with E-state index in [1.165, 1.54) is 12.0 Å². The van der Waals surface area contributed by atoms with E-state index in [2.05, 4.69) is 43.1 Å². The number of aryl methyl sites for hydroxylation is 2. The summed E-state index contributed by atoms with van der Waals surface area (Å²) in [5.74, 6) is 1.37. The van der Waals surface area contributed by atoms with Crippen molar-refractivity contribution >= 4 is 11.8 Å². The van der Waals surface area contributed by atoms with Crippen molar-refractivity contribution in [1.82, 2.24) is 9.88 Å². The first-order chi connectivity index (χ1) is 18.7. The minimum Gasteiger partial charge on any atom is -0.493 e. The minimum absolute atomic E-state index is 0.0137. The predicted octanol–water partition coefficient (Wildman–Crippen LogP) is 5.98. The number of carboxylic acids is 1. The summed E-state index contributed by atoms with van der Waals surface area (Å²) in [6, 6.07) is 9.69. The van der Waals surface area contributed by atoms with E-state index in [9.17, 15) is 9.90 Å². The molecule has 1 fully saturated rings. The van der Waals surface area contributed by atoms with E-state index in [1.807, 2.05) is 25.2 Å². The van der Waals surface area contributed by atoms with Gasteiger partial charge in [-0.15, -0.1) is 0 Å². The Balaban J connectivity index is 1.17. The number of anilines is 1. The summed E-state index contributed by atoms with van der Waals surface area (Å²) in [6.07, 6.45) is 8.06. The van der Waals surface area contributed by atoms with E-state index in [1.54, 1.807) is 0 Å². The molecule has 2 aliphatic heterocycles. The van der Waals surface area contributed by atoms with Gasteiger partial charge in [0, 0.05) is 30.5 Å². The molecule has 0 bridgehead atoms. The SMILES string of the molecule is C[C@@H]1CCOc2cccc([C@@H](C(=O)O)N(C)[C@@H]3C[C@@H](OCCCCc4ccc5c(n4)NCCC5)C(C)(C)C3)c21. The molecule has 4 atom stereocenters. The second-order valence-corrected chi connectivity index (χ2v) is 12.4. The molecule has 39 heavy (non-hydrogen) atoms. The molecule has 1 aliphatic carbocycles. The van der Waals surface area contributed by atoms with Crippen LogP contribution in [-0.4, -0.2) is 59.9 Å². The Labute approximate surface area is 233 Å². The zero-order valence-electron chi connectivity index (χ0n) is 24.0. The van der Waals surface area contributed by atoms with Crippen LogP contribution in [0, 0.1) is 5.41 Å². The van der Waals surface area contributed by atoms with Crippen LogP contribution in [0.25, 0.3) is 0 Å². The topological polar surface area (TPSA) is 83.9 Å². The van der Waals surface area contributed by atoms with E-state index >= 15 is 0 Å². The van der Waals surface area contributed by atoms with Crippen LogP contribution in [-0.2, 0) is 22.4 Å². The van der Waals surface area contributed by atoms with Crippen LogP contribution in [0.5, 0.6) is 5.75 Å². The molecule has 0 saturated heterocycles. The van der Waals surface area contributed by atoms with Crippen LogP contribution in [0.15, 0.2) is 30.3 Å². The fourth-order valence-corrected chi connectivity index (χ4v) is 6.81. The molecule has 7 heteroatoms. The molecule has 2 aromatic rings.